The first-order valence-corrected chi connectivity index (χ1v) is 22.7. The summed E-state index contributed by atoms with van der Waals surface area (Å²) in [4.78, 5) is 25.4. The van der Waals surface area contributed by atoms with E-state index >= 15 is 0 Å². The maximum atomic E-state index is 12.8. The van der Waals surface area contributed by atoms with Crippen molar-refractivity contribution in [1.29, 1.82) is 0 Å². The molecule has 1 fully saturated rings. The quantitative estimate of drug-likeness (QED) is 0.0325. The molecule has 0 spiro atoms. The lowest BCUT2D eigenvalue weighted by Crippen LogP contribution is -2.50. The number of hydrogen-bond donors (Lipinski definition) is 3. The SMILES string of the molecule is CCCCCCCC/C=C\CCCCCCCC(=O)OC[C@H](CC[C@H]1C[C@@H](O)[C@H](O)[C@@H](CO)O1)OC(=O)CCCCCCC/C=C\CCCCCCCC. The number of aliphatic hydroxyl groups excluding tert-OH is 3. The van der Waals surface area contributed by atoms with Crippen LogP contribution in [0.1, 0.15) is 213 Å². The van der Waals surface area contributed by atoms with E-state index in [-0.39, 0.29) is 25.0 Å². The number of hydrogen-bond acceptors (Lipinski definition) is 8. The molecule has 1 aliphatic rings. The molecule has 0 aromatic carbocycles. The van der Waals surface area contributed by atoms with E-state index in [1.54, 1.807) is 0 Å². The predicted molar refractivity (Wildman–Crippen MR) is 221 cm³/mol. The Morgan fingerprint density at radius 1 is 0.630 bits per heavy atom. The third-order valence-corrected chi connectivity index (χ3v) is 10.7. The smallest absolute Gasteiger partial charge is 0.306 e. The Morgan fingerprint density at radius 3 is 1.52 bits per heavy atom. The molecule has 0 amide bonds. The molecular formula is C46H84O8. The fourth-order valence-electron chi connectivity index (χ4n) is 7.11. The maximum Gasteiger partial charge on any atom is 0.306 e. The minimum absolute atomic E-state index is 0.0106. The van der Waals surface area contributed by atoms with Crippen molar-refractivity contribution in [2.75, 3.05) is 13.2 Å². The van der Waals surface area contributed by atoms with E-state index in [2.05, 4.69) is 38.2 Å². The van der Waals surface area contributed by atoms with E-state index in [1.807, 2.05) is 0 Å². The van der Waals surface area contributed by atoms with Gasteiger partial charge in [0, 0.05) is 19.3 Å². The molecule has 0 aliphatic carbocycles. The van der Waals surface area contributed by atoms with E-state index in [1.165, 1.54) is 103 Å². The van der Waals surface area contributed by atoms with Gasteiger partial charge in [0.1, 0.15) is 24.9 Å². The minimum atomic E-state index is -1.14. The molecule has 0 radical (unpaired) electrons. The first kappa shape index (κ1) is 50.3. The summed E-state index contributed by atoms with van der Waals surface area (Å²) in [7, 11) is 0. The fourth-order valence-corrected chi connectivity index (χ4v) is 7.11. The summed E-state index contributed by atoms with van der Waals surface area (Å²) in [5.41, 5.74) is 0. The highest BCUT2D eigenvalue weighted by Gasteiger charge is 2.36. The summed E-state index contributed by atoms with van der Waals surface area (Å²) in [6.45, 7) is 4.11. The van der Waals surface area contributed by atoms with E-state index in [0.29, 0.717) is 25.7 Å². The molecule has 0 bridgehead atoms. The maximum absolute atomic E-state index is 12.8. The molecule has 5 atom stereocenters. The van der Waals surface area contributed by atoms with Gasteiger partial charge in [-0.1, -0.05) is 141 Å². The second-order valence-electron chi connectivity index (χ2n) is 15.8. The molecule has 1 saturated heterocycles. The van der Waals surface area contributed by atoms with Crippen LogP contribution in [-0.2, 0) is 23.8 Å². The van der Waals surface area contributed by atoms with Gasteiger partial charge in [-0.2, -0.15) is 0 Å². The van der Waals surface area contributed by atoms with Crippen LogP contribution in [-0.4, -0.2) is 71.0 Å². The highest BCUT2D eigenvalue weighted by Crippen LogP contribution is 2.25. The Labute approximate surface area is 331 Å². The Balaban J connectivity index is 2.29. The molecule has 1 aliphatic heterocycles. The molecule has 0 saturated carbocycles. The van der Waals surface area contributed by atoms with Gasteiger partial charge in [0.15, 0.2) is 0 Å². The monoisotopic (exact) mass is 765 g/mol. The van der Waals surface area contributed by atoms with Gasteiger partial charge < -0.3 is 29.5 Å². The van der Waals surface area contributed by atoms with Gasteiger partial charge in [-0.25, -0.2) is 0 Å². The molecule has 0 aromatic heterocycles. The molecule has 3 N–H and O–H groups in total. The Morgan fingerprint density at radius 2 is 1.06 bits per heavy atom. The molecular weight excluding hydrogens is 680 g/mol. The van der Waals surface area contributed by atoms with E-state index in [0.717, 1.165) is 64.2 Å². The standard InChI is InChI=1S/C46H84O8/c1-3-5-7-9-11-13-15-17-19-21-23-25-27-29-31-33-44(49)52-39-41(36-35-40-37-42(48)46(51)43(38-47)53-40)54-45(50)34-32-30-28-26-24-22-20-18-16-14-12-10-8-6-4-2/h17-20,40-43,46-48,51H,3-16,21-39H2,1-2H3/b19-17-,20-18-/t40-,41-,42+,43+,46-/m0/s1. The Hall–Kier alpha value is -1.74. The van der Waals surface area contributed by atoms with Gasteiger partial charge in [0.05, 0.1) is 18.8 Å². The zero-order valence-corrected chi connectivity index (χ0v) is 34.9. The molecule has 54 heavy (non-hydrogen) atoms. The van der Waals surface area contributed by atoms with Crippen LogP contribution in [0.4, 0.5) is 0 Å². The summed E-state index contributed by atoms with van der Waals surface area (Å²) in [5.74, 6) is -0.571. The molecule has 8 nitrogen and oxygen atoms in total. The van der Waals surface area contributed by atoms with Crippen molar-refractivity contribution >= 4 is 11.9 Å². The third-order valence-electron chi connectivity index (χ3n) is 10.7. The number of esters is 2. The van der Waals surface area contributed by atoms with E-state index in [9.17, 15) is 24.9 Å². The lowest BCUT2D eigenvalue weighted by atomic mass is 9.95. The highest BCUT2D eigenvalue weighted by molar-refractivity contribution is 5.70. The van der Waals surface area contributed by atoms with Crippen LogP contribution in [0.25, 0.3) is 0 Å². The molecule has 316 valence electrons. The molecule has 1 heterocycles. The van der Waals surface area contributed by atoms with Gasteiger partial charge >= 0.3 is 11.9 Å². The van der Waals surface area contributed by atoms with Crippen molar-refractivity contribution in [2.24, 2.45) is 0 Å². The number of unbranched alkanes of at least 4 members (excludes halogenated alkanes) is 22. The zero-order valence-electron chi connectivity index (χ0n) is 34.9. The summed E-state index contributed by atoms with van der Waals surface area (Å²) in [5, 5.41) is 29.8. The van der Waals surface area contributed by atoms with Crippen molar-refractivity contribution in [1.82, 2.24) is 0 Å². The van der Waals surface area contributed by atoms with E-state index in [4.69, 9.17) is 14.2 Å². The second kappa shape index (κ2) is 36.9. The van der Waals surface area contributed by atoms with Gasteiger partial charge in [-0.05, 0) is 77.0 Å². The molecule has 8 heteroatoms. The Kier molecular flexibility index (Phi) is 34.3. The van der Waals surface area contributed by atoms with Crippen molar-refractivity contribution < 1.29 is 39.1 Å². The lowest BCUT2D eigenvalue weighted by Gasteiger charge is -2.36. The predicted octanol–water partition coefficient (Wildman–Crippen LogP) is 11.2. The normalized spacial score (nSPS) is 19.5. The van der Waals surface area contributed by atoms with Gasteiger partial charge in [-0.3, -0.25) is 9.59 Å². The van der Waals surface area contributed by atoms with Crippen LogP contribution in [0.15, 0.2) is 24.3 Å². The zero-order chi connectivity index (χ0) is 39.3. The van der Waals surface area contributed by atoms with Crippen LogP contribution in [0.2, 0.25) is 0 Å². The number of carbonyl (C=O) groups is 2. The first-order valence-electron chi connectivity index (χ1n) is 22.7. The number of carbonyl (C=O) groups excluding carboxylic acids is 2. The van der Waals surface area contributed by atoms with Crippen molar-refractivity contribution in [3.05, 3.63) is 24.3 Å². The third kappa shape index (κ3) is 29.5. The topological polar surface area (TPSA) is 123 Å². The number of allylic oxidation sites excluding steroid dienone is 4. The number of rotatable bonds is 37. The van der Waals surface area contributed by atoms with Crippen molar-refractivity contribution in [3.63, 3.8) is 0 Å². The number of ether oxygens (including phenoxy) is 3. The van der Waals surface area contributed by atoms with Crippen LogP contribution in [0.3, 0.4) is 0 Å². The second-order valence-corrected chi connectivity index (χ2v) is 15.8. The average Bonchev–Trinajstić information content (AvgIpc) is 3.17. The van der Waals surface area contributed by atoms with E-state index < -0.39 is 37.1 Å². The van der Waals surface area contributed by atoms with Gasteiger partial charge in [-0.15, -0.1) is 0 Å². The summed E-state index contributed by atoms with van der Waals surface area (Å²) >= 11 is 0. The highest BCUT2D eigenvalue weighted by atomic mass is 16.6. The average molecular weight is 765 g/mol. The van der Waals surface area contributed by atoms with Crippen molar-refractivity contribution in [2.45, 2.75) is 243 Å². The van der Waals surface area contributed by atoms with Crippen LogP contribution < -0.4 is 0 Å². The Bertz CT molecular complexity index is 920. The number of aliphatic hydroxyl groups is 3. The first-order chi connectivity index (χ1) is 26.4. The summed E-state index contributed by atoms with van der Waals surface area (Å²) in [6, 6.07) is 0. The summed E-state index contributed by atoms with van der Waals surface area (Å²) < 4.78 is 17.2. The molecule has 0 unspecified atom stereocenters. The fraction of sp³-hybridized carbons (Fsp3) is 0.870. The summed E-state index contributed by atoms with van der Waals surface area (Å²) in [6.07, 6.45) is 38.1. The van der Waals surface area contributed by atoms with Gasteiger partial charge in [0.25, 0.3) is 0 Å². The molecule has 1 rings (SSSR count). The molecule has 0 aromatic rings. The lowest BCUT2D eigenvalue weighted by molar-refractivity contribution is -0.183. The largest absolute Gasteiger partial charge is 0.462 e. The van der Waals surface area contributed by atoms with Gasteiger partial charge in [0.2, 0.25) is 0 Å². The van der Waals surface area contributed by atoms with Crippen LogP contribution in [0, 0.1) is 0 Å². The van der Waals surface area contributed by atoms with Crippen LogP contribution in [0.5, 0.6) is 0 Å². The van der Waals surface area contributed by atoms with Crippen molar-refractivity contribution in [3.8, 4) is 0 Å². The minimum Gasteiger partial charge on any atom is -0.462 e. The van der Waals surface area contributed by atoms with Crippen LogP contribution >= 0.6 is 0 Å².